The molecule has 4 heteroatoms. The third-order valence-electron chi connectivity index (χ3n) is 1.40. The van der Waals surface area contributed by atoms with Crippen molar-refractivity contribution in [3.8, 4) is 0 Å². The van der Waals surface area contributed by atoms with Crippen LogP contribution in [-0.4, -0.2) is 10.5 Å². The predicted molar refractivity (Wildman–Crippen MR) is 57.0 cm³/mol. The van der Waals surface area contributed by atoms with Crippen LogP contribution in [0.4, 0.5) is 11.5 Å². The summed E-state index contributed by atoms with van der Waals surface area (Å²) in [5.41, 5.74) is 6.46. The first-order valence-electron chi connectivity index (χ1n) is 4.09. The molecular weight excluding hydrogens is 186 g/mol. The zero-order valence-electron chi connectivity index (χ0n) is 8.06. The molecule has 3 N–H and O–H groups in total. The van der Waals surface area contributed by atoms with Crippen LogP contribution in [0.1, 0.15) is 20.8 Å². The van der Waals surface area contributed by atoms with Gasteiger partial charge in [0.05, 0.1) is 5.69 Å². The molecule has 1 aromatic rings. The topological polar surface area (TPSA) is 50.9 Å². The van der Waals surface area contributed by atoms with Crippen molar-refractivity contribution in [2.75, 3.05) is 11.1 Å². The molecule has 0 aliphatic rings. The van der Waals surface area contributed by atoms with E-state index in [-0.39, 0.29) is 5.54 Å². The highest BCUT2D eigenvalue weighted by Gasteiger charge is 2.11. The predicted octanol–water partition coefficient (Wildman–Crippen LogP) is 2.53. The molecule has 0 saturated heterocycles. The van der Waals surface area contributed by atoms with E-state index in [1.54, 1.807) is 6.07 Å². The smallest absolute Gasteiger partial charge is 0.148 e. The summed E-state index contributed by atoms with van der Waals surface area (Å²) < 4.78 is 0. The summed E-state index contributed by atoms with van der Waals surface area (Å²) in [6.07, 6.45) is 0. The van der Waals surface area contributed by atoms with Gasteiger partial charge in [0.25, 0.3) is 0 Å². The zero-order valence-corrected chi connectivity index (χ0v) is 8.81. The first-order valence-corrected chi connectivity index (χ1v) is 4.46. The molecule has 0 radical (unpaired) electrons. The molecule has 1 heterocycles. The van der Waals surface area contributed by atoms with Crippen molar-refractivity contribution < 1.29 is 0 Å². The monoisotopic (exact) mass is 199 g/mol. The zero-order chi connectivity index (χ0) is 10.1. The number of rotatable bonds is 1. The number of nitrogen functional groups attached to an aromatic ring is 1. The number of anilines is 2. The Morgan fingerprint density at radius 3 is 2.46 bits per heavy atom. The van der Waals surface area contributed by atoms with Crippen molar-refractivity contribution in [1.29, 1.82) is 0 Å². The Bertz CT molecular complexity index is 304. The lowest BCUT2D eigenvalue weighted by Gasteiger charge is -2.22. The summed E-state index contributed by atoms with van der Waals surface area (Å²) >= 11 is 5.67. The summed E-state index contributed by atoms with van der Waals surface area (Å²) in [7, 11) is 0. The van der Waals surface area contributed by atoms with E-state index in [9.17, 15) is 0 Å². The number of aromatic nitrogens is 1. The maximum atomic E-state index is 5.67. The van der Waals surface area contributed by atoms with Crippen LogP contribution in [0.3, 0.4) is 0 Å². The van der Waals surface area contributed by atoms with Crippen molar-refractivity contribution in [3.05, 3.63) is 17.3 Å². The van der Waals surface area contributed by atoms with Crippen LogP contribution in [0.5, 0.6) is 0 Å². The van der Waals surface area contributed by atoms with Gasteiger partial charge in [-0.2, -0.15) is 0 Å². The first-order chi connectivity index (χ1) is 5.88. The van der Waals surface area contributed by atoms with Crippen LogP contribution in [0.2, 0.25) is 5.15 Å². The van der Waals surface area contributed by atoms with Crippen molar-refractivity contribution >= 4 is 23.1 Å². The molecule has 0 aromatic carbocycles. The Morgan fingerprint density at radius 2 is 2.00 bits per heavy atom. The molecule has 0 spiro atoms. The van der Waals surface area contributed by atoms with E-state index in [1.165, 1.54) is 0 Å². The molecule has 0 aliphatic heterocycles. The second kappa shape index (κ2) is 3.42. The van der Waals surface area contributed by atoms with Gasteiger partial charge in [0.2, 0.25) is 0 Å². The van der Waals surface area contributed by atoms with Gasteiger partial charge in [0.15, 0.2) is 0 Å². The lowest BCUT2D eigenvalue weighted by atomic mass is 10.1. The fraction of sp³-hybridized carbons (Fsp3) is 0.444. The maximum Gasteiger partial charge on any atom is 0.148 e. The molecule has 0 amide bonds. The summed E-state index contributed by atoms with van der Waals surface area (Å²) in [5, 5.41) is 3.64. The molecule has 3 nitrogen and oxygen atoms in total. The molecule has 0 fully saturated rings. The molecule has 0 saturated carbocycles. The van der Waals surface area contributed by atoms with E-state index < -0.39 is 0 Å². The fourth-order valence-electron chi connectivity index (χ4n) is 0.960. The largest absolute Gasteiger partial charge is 0.382 e. The number of nitrogens with two attached hydrogens (primary N) is 1. The van der Waals surface area contributed by atoms with Crippen LogP contribution in [0.15, 0.2) is 12.1 Å². The lowest BCUT2D eigenvalue weighted by molar-refractivity contribution is 0.634. The number of nitrogens with one attached hydrogen (secondary N) is 1. The minimum Gasteiger partial charge on any atom is -0.382 e. The van der Waals surface area contributed by atoms with Gasteiger partial charge < -0.3 is 11.1 Å². The molecule has 72 valence electrons. The molecule has 13 heavy (non-hydrogen) atoms. The summed E-state index contributed by atoms with van der Waals surface area (Å²) in [4.78, 5) is 3.94. The third-order valence-corrected chi connectivity index (χ3v) is 1.61. The van der Waals surface area contributed by atoms with Crippen molar-refractivity contribution in [1.82, 2.24) is 4.98 Å². The Hall–Kier alpha value is -0.960. The van der Waals surface area contributed by atoms with Crippen molar-refractivity contribution in [2.45, 2.75) is 26.3 Å². The quantitative estimate of drug-likeness (QED) is 0.684. The number of hydrogen-bond acceptors (Lipinski definition) is 3. The maximum absolute atomic E-state index is 5.67. The number of pyridine rings is 1. The Balaban J connectivity index is 2.90. The number of hydrogen-bond donors (Lipinski definition) is 2. The first kappa shape index (κ1) is 10.1. The molecule has 1 aromatic heterocycles. The van der Waals surface area contributed by atoms with E-state index >= 15 is 0 Å². The fourth-order valence-corrected chi connectivity index (χ4v) is 1.11. The highest BCUT2D eigenvalue weighted by atomic mass is 35.5. The molecule has 0 aliphatic carbocycles. The Labute approximate surface area is 83.3 Å². The average Bonchev–Trinajstić information content (AvgIpc) is 1.93. The third kappa shape index (κ3) is 3.11. The summed E-state index contributed by atoms with van der Waals surface area (Å²) in [5.74, 6) is 0.433. The lowest BCUT2D eigenvalue weighted by Crippen LogP contribution is -2.26. The second-order valence-electron chi connectivity index (χ2n) is 3.94. The normalized spacial score (nSPS) is 11.4. The van der Waals surface area contributed by atoms with E-state index in [0.717, 1.165) is 5.69 Å². The van der Waals surface area contributed by atoms with Gasteiger partial charge in [-0.1, -0.05) is 11.6 Å². The minimum absolute atomic E-state index is 0.0242. The van der Waals surface area contributed by atoms with Crippen LogP contribution in [0, 0.1) is 0 Å². The SMILES string of the molecule is CC(C)(C)Nc1ccc(Cl)nc1N. The van der Waals surface area contributed by atoms with Crippen LogP contribution in [-0.2, 0) is 0 Å². The number of halogens is 1. The van der Waals surface area contributed by atoms with Gasteiger partial charge >= 0.3 is 0 Å². The molecule has 0 unspecified atom stereocenters. The highest BCUT2D eigenvalue weighted by molar-refractivity contribution is 6.29. The van der Waals surface area contributed by atoms with Crippen LogP contribution >= 0.6 is 11.6 Å². The molecular formula is C9H14ClN3. The molecule has 1 rings (SSSR count). The van der Waals surface area contributed by atoms with Gasteiger partial charge in [-0.05, 0) is 32.9 Å². The summed E-state index contributed by atoms with van der Waals surface area (Å²) in [6, 6.07) is 3.54. The van der Waals surface area contributed by atoms with E-state index in [0.29, 0.717) is 11.0 Å². The van der Waals surface area contributed by atoms with Crippen LogP contribution in [0.25, 0.3) is 0 Å². The minimum atomic E-state index is -0.0242. The van der Waals surface area contributed by atoms with Gasteiger partial charge in [-0.15, -0.1) is 0 Å². The Morgan fingerprint density at radius 1 is 1.38 bits per heavy atom. The van der Waals surface area contributed by atoms with Crippen molar-refractivity contribution in [2.24, 2.45) is 0 Å². The van der Waals surface area contributed by atoms with Crippen LogP contribution < -0.4 is 11.1 Å². The van der Waals surface area contributed by atoms with E-state index in [4.69, 9.17) is 17.3 Å². The van der Waals surface area contributed by atoms with E-state index in [2.05, 4.69) is 31.1 Å². The van der Waals surface area contributed by atoms with Gasteiger partial charge in [0, 0.05) is 5.54 Å². The standard InChI is InChI=1S/C9H14ClN3/c1-9(2,3)13-6-4-5-7(10)12-8(6)11/h4-5,13H,1-3H3,(H2,11,12). The molecule has 0 atom stereocenters. The van der Waals surface area contributed by atoms with Gasteiger partial charge in [-0.25, -0.2) is 4.98 Å². The second-order valence-corrected chi connectivity index (χ2v) is 4.33. The van der Waals surface area contributed by atoms with Gasteiger partial charge in [0.1, 0.15) is 11.0 Å². The highest BCUT2D eigenvalue weighted by Crippen LogP contribution is 2.21. The number of nitrogens with zero attached hydrogens (tertiary/aromatic N) is 1. The Kier molecular flexibility index (Phi) is 2.66. The van der Waals surface area contributed by atoms with E-state index in [1.807, 2.05) is 6.07 Å². The summed E-state index contributed by atoms with van der Waals surface area (Å²) in [6.45, 7) is 6.17. The average molecular weight is 200 g/mol. The van der Waals surface area contributed by atoms with Crippen molar-refractivity contribution in [3.63, 3.8) is 0 Å². The molecule has 0 bridgehead atoms. The van der Waals surface area contributed by atoms with Gasteiger partial charge in [-0.3, -0.25) is 0 Å².